The molecule has 0 aromatic carbocycles. The third-order valence-corrected chi connectivity index (χ3v) is 3.67. The number of nitrogens with zero attached hydrogens (tertiary/aromatic N) is 1. The van der Waals surface area contributed by atoms with Crippen molar-refractivity contribution in [2.75, 3.05) is 26.2 Å². The summed E-state index contributed by atoms with van der Waals surface area (Å²) in [6.45, 7) is 7.91. The third kappa shape index (κ3) is 3.67. The molecule has 1 amide bonds. The van der Waals surface area contributed by atoms with Gasteiger partial charge in [0, 0.05) is 26.2 Å². The van der Waals surface area contributed by atoms with Crippen LogP contribution in [0.25, 0.3) is 0 Å². The summed E-state index contributed by atoms with van der Waals surface area (Å²) in [7, 11) is 0. The van der Waals surface area contributed by atoms with Gasteiger partial charge in [-0.15, -0.1) is 0 Å². The van der Waals surface area contributed by atoms with Gasteiger partial charge in [0.25, 0.3) is 0 Å². The van der Waals surface area contributed by atoms with Gasteiger partial charge in [-0.05, 0) is 33.1 Å². The molecule has 2 rings (SSSR count). The molecule has 18 heavy (non-hydrogen) atoms. The molecule has 0 radical (unpaired) electrons. The number of amides is 1. The van der Waals surface area contributed by atoms with E-state index in [4.69, 9.17) is 10.5 Å². The second-order valence-corrected chi connectivity index (χ2v) is 5.78. The Bertz CT molecular complexity index is 295. The number of hydrogen-bond donors (Lipinski definition) is 2. The maximum absolute atomic E-state index is 11.6. The molecule has 2 aliphatic rings. The highest BCUT2D eigenvalue weighted by atomic mass is 16.5. The highest BCUT2D eigenvalue weighted by molar-refractivity contribution is 5.88. The fourth-order valence-corrected chi connectivity index (χ4v) is 2.51. The standard InChI is InChI=1S/C13H25N3O2/c1-10-8-16(9-11(2)18-10)7-3-6-15-12(17)13(14)4-5-13/h10-11H,3-9,14H2,1-2H3,(H,15,17). The van der Waals surface area contributed by atoms with Crippen LogP contribution in [-0.4, -0.2) is 54.7 Å². The average molecular weight is 255 g/mol. The van der Waals surface area contributed by atoms with Gasteiger partial charge in [-0.2, -0.15) is 0 Å². The highest BCUT2D eigenvalue weighted by Gasteiger charge is 2.45. The van der Waals surface area contributed by atoms with Crippen LogP contribution in [0.2, 0.25) is 0 Å². The Morgan fingerprint density at radius 3 is 2.56 bits per heavy atom. The molecule has 104 valence electrons. The van der Waals surface area contributed by atoms with Gasteiger partial charge >= 0.3 is 0 Å². The normalized spacial score (nSPS) is 31.1. The summed E-state index contributed by atoms with van der Waals surface area (Å²) in [5.41, 5.74) is 5.27. The zero-order valence-electron chi connectivity index (χ0n) is 11.4. The lowest BCUT2D eigenvalue weighted by molar-refractivity contribution is -0.123. The molecule has 2 fully saturated rings. The number of morpholine rings is 1. The first-order valence-corrected chi connectivity index (χ1v) is 6.94. The van der Waals surface area contributed by atoms with Crippen LogP contribution in [0.1, 0.15) is 33.1 Å². The smallest absolute Gasteiger partial charge is 0.240 e. The summed E-state index contributed by atoms with van der Waals surface area (Å²) in [6.07, 6.45) is 3.25. The minimum Gasteiger partial charge on any atom is -0.373 e. The summed E-state index contributed by atoms with van der Waals surface area (Å²) in [5, 5.41) is 2.93. The molecule has 2 unspecified atom stereocenters. The number of carbonyl (C=O) groups excluding carboxylic acids is 1. The minimum absolute atomic E-state index is 0.0196. The SMILES string of the molecule is CC1CN(CCCNC(=O)C2(N)CC2)CC(C)O1. The van der Waals surface area contributed by atoms with E-state index in [2.05, 4.69) is 24.1 Å². The van der Waals surface area contributed by atoms with Gasteiger partial charge in [0.05, 0.1) is 17.7 Å². The quantitative estimate of drug-likeness (QED) is 0.683. The fourth-order valence-electron chi connectivity index (χ4n) is 2.51. The van der Waals surface area contributed by atoms with Crippen molar-refractivity contribution in [2.45, 2.75) is 50.9 Å². The Morgan fingerprint density at radius 2 is 2.00 bits per heavy atom. The van der Waals surface area contributed by atoms with Crippen LogP contribution in [0.15, 0.2) is 0 Å². The van der Waals surface area contributed by atoms with E-state index in [1.54, 1.807) is 0 Å². The highest BCUT2D eigenvalue weighted by Crippen LogP contribution is 2.31. The van der Waals surface area contributed by atoms with Crippen molar-refractivity contribution in [3.8, 4) is 0 Å². The van der Waals surface area contributed by atoms with E-state index in [1.165, 1.54) is 0 Å². The maximum Gasteiger partial charge on any atom is 0.240 e. The number of nitrogens with two attached hydrogens (primary N) is 1. The topological polar surface area (TPSA) is 67.6 Å². The van der Waals surface area contributed by atoms with Crippen LogP contribution in [-0.2, 0) is 9.53 Å². The van der Waals surface area contributed by atoms with Crippen LogP contribution in [0.4, 0.5) is 0 Å². The molecular formula is C13H25N3O2. The summed E-state index contributed by atoms with van der Waals surface area (Å²) < 4.78 is 5.69. The van der Waals surface area contributed by atoms with Gasteiger partial charge in [-0.25, -0.2) is 0 Å². The maximum atomic E-state index is 11.6. The fraction of sp³-hybridized carbons (Fsp3) is 0.923. The Balaban J connectivity index is 1.59. The van der Waals surface area contributed by atoms with E-state index < -0.39 is 5.54 Å². The molecule has 0 aromatic heterocycles. The third-order valence-electron chi connectivity index (χ3n) is 3.67. The van der Waals surface area contributed by atoms with Crippen LogP contribution >= 0.6 is 0 Å². The van der Waals surface area contributed by atoms with Crippen molar-refractivity contribution in [1.29, 1.82) is 0 Å². The molecule has 1 aliphatic heterocycles. The van der Waals surface area contributed by atoms with E-state index in [0.717, 1.165) is 45.4 Å². The molecule has 1 heterocycles. The molecule has 1 saturated carbocycles. The van der Waals surface area contributed by atoms with E-state index in [-0.39, 0.29) is 5.91 Å². The lowest BCUT2D eigenvalue weighted by Gasteiger charge is -2.35. The molecular weight excluding hydrogens is 230 g/mol. The second-order valence-electron chi connectivity index (χ2n) is 5.78. The number of rotatable bonds is 5. The predicted molar refractivity (Wildman–Crippen MR) is 70.2 cm³/mol. The zero-order valence-corrected chi connectivity index (χ0v) is 11.4. The van der Waals surface area contributed by atoms with Crippen molar-refractivity contribution >= 4 is 5.91 Å². The largest absolute Gasteiger partial charge is 0.373 e. The molecule has 0 spiro atoms. The van der Waals surface area contributed by atoms with Crippen LogP contribution in [0.3, 0.4) is 0 Å². The van der Waals surface area contributed by atoms with E-state index in [9.17, 15) is 4.79 Å². The first-order valence-electron chi connectivity index (χ1n) is 6.94. The zero-order chi connectivity index (χ0) is 13.2. The summed E-state index contributed by atoms with van der Waals surface area (Å²) in [5.74, 6) is 0.0196. The van der Waals surface area contributed by atoms with E-state index in [1.807, 2.05) is 0 Å². The molecule has 1 saturated heterocycles. The first kappa shape index (κ1) is 13.8. The Morgan fingerprint density at radius 1 is 1.39 bits per heavy atom. The predicted octanol–water partition coefficient (Wildman–Crippen LogP) is 0.0932. The Labute approximate surface area is 109 Å². The lowest BCUT2D eigenvalue weighted by Crippen LogP contribution is -2.47. The first-order chi connectivity index (χ1) is 8.49. The van der Waals surface area contributed by atoms with Gasteiger partial charge in [-0.1, -0.05) is 0 Å². The molecule has 0 bridgehead atoms. The summed E-state index contributed by atoms with van der Waals surface area (Å²) in [4.78, 5) is 14.0. The van der Waals surface area contributed by atoms with Gasteiger partial charge in [0.15, 0.2) is 0 Å². The monoisotopic (exact) mass is 255 g/mol. The Hall–Kier alpha value is -0.650. The van der Waals surface area contributed by atoms with Crippen LogP contribution in [0.5, 0.6) is 0 Å². The molecule has 3 N–H and O–H groups in total. The van der Waals surface area contributed by atoms with E-state index in [0.29, 0.717) is 12.2 Å². The van der Waals surface area contributed by atoms with Crippen LogP contribution in [0, 0.1) is 0 Å². The van der Waals surface area contributed by atoms with Crippen molar-refractivity contribution in [3.05, 3.63) is 0 Å². The van der Waals surface area contributed by atoms with Gasteiger partial charge in [0.1, 0.15) is 0 Å². The van der Waals surface area contributed by atoms with E-state index >= 15 is 0 Å². The summed E-state index contributed by atoms with van der Waals surface area (Å²) >= 11 is 0. The second kappa shape index (κ2) is 5.55. The molecule has 1 aliphatic carbocycles. The van der Waals surface area contributed by atoms with Crippen molar-refractivity contribution in [2.24, 2.45) is 5.73 Å². The average Bonchev–Trinajstić information content (AvgIpc) is 3.02. The van der Waals surface area contributed by atoms with Gasteiger partial charge in [-0.3, -0.25) is 9.69 Å². The number of ether oxygens (including phenoxy) is 1. The van der Waals surface area contributed by atoms with Crippen molar-refractivity contribution < 1.29 is 9.53 Å². The van der Waals surface area contributed by atoms with Crippen molar-refractivity contribution in [3.63, 3.8) is 0 Å². The molecule has 5 heteroatoms. The van der Waals surface area contributed by atoms with Gasteiger partial charge in [0.2, 0.25) is 5.91 Å². The van der Waals surface area contributed by atoms with Crippen LogP contribution < -0.4 is 11.1 Å². The Kier molecular flexibility index (Phi) is 4.25. The van der Waals surface area contributed by atoms with Crippen molar-refractivity contribution in [1.82, 2.24) is 10.2 Å². The molecule has 2 atom stereocenters. The van der Waals surface area contributed by atoms with Gasteiger partial charge < -0.3 is 15.8 Å². The number of hydrogen-bond acceptors (Lipinski definition) is 4. The molecule has 0 aromatic rings. The minimum atomic E-state index is -0.540. The summed E-state index contributed by atoms with van der Waals surface area (Å²) in [6, 6.07) is 0. The lowest BCUT2D eigenvalue weighted by atomic mass is 10.2. The molecule has 5 nitrogen and oxygen atoms in total. The number of nitrogens with one attached hydrogen (secondary N) is 1. The number of carbonyl (C=O) groups is 1.